The molecule has 0 amide bonds. The van der Waals surface area contributed by atoms with Gasteiger partial charge in [-0.05, 0) is 6.92 Å². The van der Waals surface area contributed by atoms with Crippen LogP contribution in [0.1, 0.15) is 6.92 Å². The Hall–Kier alpha value is -1.43. The van der Waals surface area contributed by atoms with Gasteiger partial charge >= 0.3 is 6.01 Å². The zero-order valence-electron chi connectivity index (χ0n) is 7.02. The smallest absolute Gasteiger partial charge is 0.321 e. The Morgan fingerprint density at radius 2 is 2.54 bits per heavy atom. The van der Waals surface area contributed by atoms with Crippen LogP contribution >= 0.6 is 11.3 Å². The van der Waals surface area contributed by atoms with Gasteiger partial charge in [0.25, 0.3) is 0 Å². The lowest BCUT2D eigenvalue weighted by molar-refractivity contribution is 0.433. The predicted molar refractivity (Wildman–Crippen MR) is 49.6 cm³/mol. The van der Waals surface area contributed by atoms with Crippen LogP contribution in [0, 0.1) is 0 Å². The van der Waals surface area contributed by atoms with E-state index in [0.29, 0.717) is 11.8 Å². The van der Waals surface area contributed by atoms with Crippen LogP contribution in [0.4, 0.5) is 6.01 Å². The second-order valence-electron chi connectivity index (χ2n) is 2.32. The standard InChI is InChI=1S/C7H8N4OS/c1-2-9-7-10-6(11-12-7)5-3-8-4-13-5/h3-4H,2H2,1H3,(H,9,10,11). The molecule has 6 heteroatoms. The average molecular weight is 196 g/mol. The van der Waals surface area contributed by atoms with Crippen LogP contribution in [0.2, 0.25) is 0 Å². The zero-order valence-corrected chi connectivity index (χ0v) is 7.84. The first-order valence-corrected chi connectivity index (χ1v) is 4.74. The molecule has 0 aliphatic heterocycles. The van der Waals surface area contributed by atoms with Crippen LogP contribution in [0.25, 0.3) is 10.7 Å². The molecule has 13 heavy (non-hydrogen) atoms. The Labute approximate surface area is 78.8 Å². The second kappa shape index (κ2) is 3.53. The summed E-state index contributed by atoms with van der Waals surface area (Å²) >= 11 is 1.48. The van der Waals surface area contributed by atoms with Gasteiger partial charge in [-0.3, -0.25) is 4.98 Å². The van der Waals surface area contributed by atoms with Crippen LogP contribution in [0.3, 0.4) is 0 Å². The van der Waals surface area contributed by atoms with Gasteiger partial charge in [-0.25, -0.2) is 0 Å². The minimum Gasteiger partial charge on any atom is -0.338 e. The van der Waals surface area contributed by atoms with Crippen LogP contribution in [0.5, 0.6) is 0 Å². The molecule has 2 aromatic rings. The van der Waals surface area contributed by atoms with E-state index in [4.69, 9.17) is 4.52 Å². The van der Waals surface area contributed by atoms with Gasteiger partial charge in [0.2, 0.25) is 5.82 Å². The number of hydrogen-bond acceptors (Lipinski definition) is 6. The molecular formula is C7H8N4OS. The average Bonchev–Trinajstić information content (AvgIpc) is 2.70. The van der Waals surface area contributed by atoms with Gasteiger partial charge in [0, 0.05) is 12.7 Å². The predicted octanol–water partition coefficient (Wildman–Crippen LogP) is 1.62. The van der Waals surface area contributed by atoms with Gasteiger partial charge in [-0.1, -0.05) is 5.16 Å². The number of nitrogens with one attached hydrogen (secondary N) is 1. The normalized spacial score (nSPS) is 10.2. The summed E-state index contributed by atoms with van der Waals surface area (Å²) in [6, 6.07) is 0.450. The molecule has 1 N–H and O–H groups in total. The Morgan fingerprint density at radius 3 is 3.23 bits per heavy atom. The van der Waals surface area contributed by atoms with Crippen molar-refractivity contribution in [3.05, 3.63) is 11.7 Å². The number of aromatic nitrogens is 3. The molecule has 0 aromatic carbocycles. The van der Waals surface area contributed by atoms with E-state index < -0.39 is 0 Å². The third kappa shape index (κ3) is 1.67. The lowest BCUT2D eigenvalue weighted by Crippen LogP contribution is -1.95. The molecule has 0 aliphatic rings. The van der Waals surface area contributed by atoms with Crippen molar-refractivity contribution in [1.29, 1.82) is 0 Å². The molecule has 0 radical (unpaired) electrons. The monoisotopic (exact) mass is 196 g/mol. The van der Waals surface area contributed by atoms with Crippen molar-refractivity contribution in [2.24, 2.45) is 0 Å². The minimum absolute atomic E-state index is 0.450. The van der Waals surface area contributed by atoms with E-state index in [1.54, 1.807) is 11.7 Å². The summed E-state index contributed by atoms with van der Waals surface area (Å²) < 4.78 is 4.94. The number of hydrogen-bond donors (Lipinski definition) is 1. The van der Waals surface area contributed by atoms with Gasteiger partial charge in [0.05, 0.1) is 10.4 Å². The molecule has 0 bridgehead atoms. The van der Waals surface area contributed by atoms with Crippen molar-refractivity contribution in [3.63, 3.8) is 0 Å². The zero-order chi connectivity index (χ0) is 9.10. The lowest BCUT2D eigenvalue weighted by atomic mass is 10.5. The molecule has 0 saturated heterocycles. The fourth-order valence-corrected chi connectivity index (χ4v) is 1.42. The topological polar surface area (TPSA) is 63.8 Å². The first-order chi connectivity index (χ1) is 6.40. The molecule has 0 aliphatic carbocycles. The highest BCUT2D eigenvalue weighted by atomic mass is 32.1. The van der Waals surface area contributed by atoms with E-state index in [0.717, 1.165) is 11.4 Å². The maximum absolute atomic E-state index is 4.94. The number of anilines is 1. The second-order valence-corrected chi connectivity index (χ2v) is 3.21. The number of nitrogens with zero attached hydrogens (tertiary/aromatic N) is 3. The molecule has 2 rings (SSSR count). The Balaban J connectivity index is 2.23. The van der Waals surface area contributed by atoms with Crippen molar-refractivity contribution in [1.82, 2.24) is 15.1 Å². The first-order valence-electron chi connectivity index (χ1n) is 3.86. The molecular weight excluding hydrogens is 188 g/mol. The van der Waals surface area contributed by atoms with E-state index in [-0.39, 0.29) is 0 Å². The molecule has 0 atom stereocenters. The Morgan fingerprint density at radius 1 is 1.62 bits per heavy atom. The van der Waals surface area contributed by atoms with E-state index in [1.807, 2.05) is 6.92 Å². The van der Waals surface area contributed by atoms with Crippen molar-refractivity contribution < 1.29 is 4.52 Å². The molecule has 0 fully saturated rings. The quantitative estimate of drug-likeness (QED) is 0.808. The lowest BCUT2D eigenvalue weighted by Gasteiger charge is -1.89. The number of thiazole rings is 1. The molecule has 0 saturated carbocycles. The molecule has 0 spiro atoms. The minimum atomic E-state index is 0.450. The van der Waals surface area contributed by atoms with Crippen LogP contribution in [-0.4, -0.2) is 21.7 Å². The first kappa shape index (κ1) is 8.18. The van der Waals surface area contributed by atoms with E-state index >= 15 is 0 Å². The van der Waals surface area contributed by atoms with Gasteiger partial charge < -0.3 is 9.84 Å². The highest BCUT2D eigenvalue weighted by molar-refractivity contribution is 7.13. The van der Waals surface area contributed by atoms with E-state index in [2.05, 4.69) is 20.4 Å². The third-order valence-electron chi connectivity index (χ3n) is 1.41. The fraction of sp³-hybridized carbons (Fsp3) is 0.286. The van der Waals surface area contributed by atoms with Gasteiger partial charge in [-0.2, -0.15) is 4.98 Å². The largest absolute Gasteiger partial charge is 0.338 e. The van der Waals surface area contributed by atoms with Crippen LogP contribution in [0.15, 0.2) is 16.2 Å². The van der Waals surface area contributed by atoms with Crippen LogP contribution < -0.4 is 5.32 Å². The van der Waals surface area contributed by atoms with Crippen molar-refractivity contribution in [2.75, 3.05) is 11.9 Å². The SMILES string of the molecule is CCNc1nc(-c2cncs2)no1. The summed E-state index contributed by atoms with van der Waals surface area (Å²) in [5, 5.41) is 6.73. The summed E-state index contributed by atoms with van der Waals surface area (Å²) in [6.45, 7) is 2.74. The molecule has 2 aromatic heterocycles. The highest BCUT2D eigenvalue weighted by Crippen LogP contribution is 2.20. The fourth-order valence-electron chi connectivity index (χ4n) is 0.873. The van der Waals surface area contributed by atoms with Crippen LogP contribution in [-0.2, 0) is 0 Å². The molecule has 5 nitrogen and oxygen atoms in total. The summed E-state index contributed by atoms with van der Waals surface area (Å²) in [7, 11) is 0. The summed E-state index contributed by atoms with van der Waals surface area (Å²) in [4.78, 5) is 8.96. The third-order valence-corrected chi connectivity index (χ3v) is 2.18. The summed E-state index contributed by atoms with van der Waals surface area (Å²) in [5.41, 5.74) is 1.73. The van der Waals surface area contributed by atoms with Gasteiger partial charge in [-0.15, -0.1) is 11.3 Å². The maximum atomic E-state index is 4.94. The van der Waals surface area contributed by atoms with E-state index in [9.17, 15) is 0 Å². The van der Waals surface area contributed by atoms with E-state index in [1.165, 1.54) is 11.3 Å². The molecule has 68 valence electrons. The Kier molecular flexibility index (Phi) is 2.22. The highest BCUT2D eigenvalue weighted by Gasteiger charge is 2.08. The van der Waals surface area contributed by atoms with Crippen molar-refractivity contribution >= 4 is 17.4 Å². The molecule has 0 unspecified atom stereocenters. The number of rotatable bonds is 3. The van der Waals surface area contributed by atoms with Crippen molar-refractivity contribution in [2.45, 2.75) is 6.92 Å². The van der Waals surface area contributed by atoms with Gasteiger partial charge in [0.15, 0.2) is 0 Å². The summed E-state index contributed by atoms with van der Waals surface area (Å²) in [5.74, 6) is 0.582. The molecule has 2 heterocycles. The van der Waals surface area contributed by atoms with Gasteiger partial charge in [0.1, 0.15) is 0 Å². The maximum Gasteiger partial charge on any atom is 0.321 e. The Bertz CT molecular complexity index is 370. The summed E-state index contributed by atoms with van der Waals surface area (Å²) in [6.07, 6.45) is 1.71. The van der Waals surface area contributed by atoms with Crippen molar-refractivity contribution in [3.8, 4) is 10.7 Å².